The largest absolute Gasteiger partial charge is 0.744 e. The highest BCUT2D eigenvalue weighted by atomic mass is 32.2. The third-order valence-corrected chi connectivity index (χ3v) is 11.0. The molecular formula is C37H38N3O7S2-. The average Bonchev–Trinajstić information content (AvgIpc) is 3.08. The third kappa shape index (κ3) is 8.34. The second-order valence-electron chi connectivity index (χ2n) is 12.5. The van der Waals surface area contributed by atoms with E-state index in [4.69, 9.17) is 0 Å². The standard InChI is InChI=1S/C37H39N3O7S2/c41-37(38-34-19-17-31(48(42,43)44)26-36(34)49(45,46)47)20-18-33-29(14-13-27-9-2-4-11-32(27)33)25-30-16-15-28-10-3-5-12-35(28)40(30)24-8-23-39-21-6-1-7-22-39/h2-5,9-17,19,25-26,33H,1,6-8,18,20-24H2,(H2-,38,41,42,43,44,45,46,47)/p-1. The Labute approximate surface area is 287 Å². The molecule has 3 aromatic carbocycles. The van der Waals surface area contributed by atoms with Crippen molar-refractivity contribution in [2.24, 2.45) is 0 Å². The number of piperidine rings is 1. The molecule has 1 unspecified atom stereocenters. The molecule has 2 heterocycles. The fourth-order valence-electron chi connectivity index (χ4n) is 6.85. The number of aryl methyl sites for hydroxylation is 1. The van der Waals surface area contributed by atoms with Crippen molar-refractivity contribution in [3.8, 4) is 0 Å². The minimum Gasteiger partial charge on any atom is -0.744 e. The fraction of sp³-hybridized carbons (Fsp3) is 0.297. The van der Waals surface area contributed by atoms with Crippen LogP contribution in [0.3, 0.4) is 0 Å². The van der Waals surface area contributed by atoms with Gasteiger partial charge in [0.05, 0.1) is 15.5 Å². The monoisotopic (exact) mass is 700 g/mol. The van der Waals surface area contributed by atoms with Crippen LogP contribution in [-0.2, 0) is 31.6 Å². The summed E-state index contributed by atoms with van der Waals surface area (Å²) in [6.07, 6.45) is 11.5. The van der Waals surface area contributed by atoms with Crippen molar-refractivity contribution in [1.29, 1.82) is 0 Å². The van der Waals surface area contributed by atoms with Crippen molar-refractivity contribution >= 4 is 54.9 Å². The Balaban J connectivity index is 1.27. The van der Waals surface area contributed by atoms with Gasteiger partial charge in [0.1, 0.15) is 20.2 Å². The Morgan fingerprint density at radius 3 is 2.41 bits per heavy atom. The number of anilines is 1. The number of nitrogens with one attached hydrogen (secondary N) is 1. The molecule has 1 N–H and O–H groups in total. The number of hydrogen-bond donors (Lipinski definition) is 1. The molecule has 1 amide bonds. The van der Waals surface area contributed by atoms with Crippen molar-refractivity contribution in [3.05, 3.63) is 107 Å². The summed E-state index contributed by atoms with van der Waals surface area (Å²) in [7, 11) is -10.2. The predicted octanol–water partition coefficient (Wildman–Crippen LogP) is 5.42. The summed E-state index contributed by atoms with van der Waals surface area (Å²) in [6.45, 7) is 4.19. The van der Waals surface area contributed by atoms with E-state index in [9.17, 15) is 30.7 Å². The van der Waals surface area contributed by atoms with Crippen LogP contribution in [0.4, 0.5) is 5.69 Å². The molecule has 2 aliphatic rings. The molecule has 12 heteroatoms. The zero-order valence-electron chi connectivity index (χ0n) is 27.0. The van der Waals surface area contributed by atoms with Gasteiger partial charge < -0.3 is 19.3 Å². The van der Waals surface area contributed by atoms with Crippen LogP contribution in [0.5, 0.6) is 0 Å². The zero-order chi connectivity index (χ0) is 34.6. The Morgan fingerprint density at radius 2 is 1.63 bits per heavy atom. The first kappa shape index (κ1) is 34.7. The summed E-state index contributed by atoms with van der Waals surface area (Å²) in [5, 5.41) is 3.60. The van der Waals surface area contributed by atoms with Crippen molar-refractivity contribution in [1.82, 2.24) is 4.90 Å². The van der Waals surface area contributed by atoms with E-state index in [-0.39, 0.29) is 18.0 Å². The third-order valence-electron chi connectivity index (χ3n) is 9.27. The van der Waals surface area contributed by atoms with Gasteiger partial charge in [0.25, 0.3) is 0 Å². The highest BCUT2D eigenvalue weighted by Gasteiger charge is 2.25. The first-order valence-corrected chi connectivity index (χ1v) is 19.3. The smallest absolute Gasteiger partial charge is 0.224 e. The summed E-state index contributed by atoms with van der Waals surface area (Å²) in [6, 6.07) is 22.8. The van der Waals surface area contributed by atoms with Crippen LogP contribution in [-0.4, -0.2) is 56.4 Å². The predicted molar refractivity (Wildman–Crippen MR) is 185 cm³/mol. The van der Waals surface area contributed by atoms with E-state index in [0.717, 1.165) is 78.0 Å². The lowest BCUT2D eigenvalue weighted by Crippen LogP contribution is -2.40. The van der Waals surface area contributed by atoms with E-state index in [1.165, 1.54) is 19.3 Å². The number of likely N-dealkylation sites (tertiary alicyclic amines) is 1. The maximum Gasteiger partial charge on any atom is 0.224 e. The summed E-state index contributed by atoms with van der Waals surface area (Å²) in [4.78, 5) is 13.9. The van der Waals surface area contributed by atoms with Crippen molar-refractivity contribution in [2.45, 2.75) is 60.8 Å². The summed E-state index contributed by atoms with van der Waals surface area (Å²) in [5.41, 5.74) is 4.91. The van der Waals surface area contributed by atoms with Gasteiger partial charge in [-0.1, -0.05) is 55.0 Å². The topological polar surface area (TPSA) is 151 Å². The number of carbonyl (C=O) groups is 1. The zero-order valence-corrected chi connectivity index (χ0v) is 28.6. The minimum absolute atomic E-state index is 0.0301. The highest BCUT2D eigenvalue weighted by Crippen LogP contribution is 2.38. The molecule has 49 heavy (non-hydrogen) atoms. The maximum absolute atomic E-state index is 13.2. The Morgan fingerprint density at radius 1 is 0.878 bits per heavy atom. The number of amides is 1. The molecule has 0 spiro atoms. The highest BCUT2D eigenvalue weighted by molar-refractivity contribution is 7.86. The van der Waals surface area contributed by atoms with E-state index in [2.05, 4.69) is 63.3 Å². The van der Waals surface area contributed by atoms with Crippen LogP contribution in [0.1, 0.15) is 61.3 Å². The molecular weight excluding hydrogens is 663 g/mol. The summed E-state index contributed by atoms with van der Waals surface area (Å²) >= 11 is 0. The van der Waals surface area contributed by atoms with E-state index >= 15 is 0 Å². The fourth-order valence-corrected chi connectivity index (χ4v) is 8.08. The van der Waals surface area contributed by atoms with Crippen molar-refractivity contribution in [3.63, 3.8) is 0 Å². The van der Waals surface area contributed by atoms with Crippen LogP contribution in [0.25, 0.3) is 23.1 Å². The van der Waals surface area contributed by atoms with Gasteiger partial charge in [-0.25, -0.2) is 16.8 Å². The molecule has 4 aromatic rings. The summed E-state index contributed by atoms with van der Waals surface area (Å²) < 4.78 is 72.4. The Kier molecular flexibility index (Phi) is 10.4. The Bertz CT molecular complexity index is 2160. The number of hydrogen-bond acceptors (Lipinski definition) is 8. The number of carbonyl (C=O) groups excluding carboxylic acids is 1. The van der Waals surface area contributed by atoms with Crippen LogP contribution in [0, 0.1) is 0 Å². The van der Waals surface area contributed by atoms with Gasteiger partial charge in [0.2, 0.25) is 17.1 Å². The molecule has 1 fully saturated rings. The number of fused-ring (bicyclic) bond motifs is 2. The van der Waals surface area contributed by atoms with Gasteiger partial charge in [0.15, 0.2) is 6.54 Å². The lowest BCUT2D eigenvalue weighted by atomic mass is 9.80. The second kappa shape index (κ2) is 14.7. The Hall–Kier alpha value is -4.20. The number of benzene rings is 3. The molecule has 1 aromatic heterocycles. The molecule has 10 nitrogen and oxygen atoms in total. The number of rotatable bonds is 11. The first-order chi connectivity index (χ1) is 23.5. The van der Waals surface area contributed by atoms with Crippen molar-refractivity contribution < 1.29 is 35.3 Å². The second-order valence-corrected chi connectivity index (χ2v) is 15.3. The molecule has 6 rings (SSSR count). The molecule has 1 atom stereocenters. The van der Waals surface area contributed by atoms with Crippen LogP contribution >= 0.6 is 0 Å². The molecule has 0 saturated carbocycles. The van der Waals surface area contributed by atoms with Crippen LogP contribution in [0.2, 0.25) is 0 Å². The molecule has 0 radical (unpaired) electrons. The van der Waals surface area contributed by atoms with Gasteiger partial charge in [-0.05, 0) is 79.4 Å². The number of nitrogens with zero attached hydrogens (tertiary/aromatic N) is 2. The number of aromatic nitrogens is 1. The first-order valence-electron chi connectivity index (χ1n) is 16.5. The quantitative estimate of drug-likeness (QED) is 0.161. The summed E-state index contributed by atoms with van der Waals surface area (Å²) in [5.74, 6) is -0.733. The molecule has 1 saturated heterocycles. The van der Waals surface area contributed by atoms with Crippen LogP contribution < -0.4 is 9.88 Å². The number of allylic oxidation sites excluding steroid dienone is 2. The van der Waals surface area contributed by atoms with Gasteiger partial charge >= 0.3 is 0 Å². The number of para-hydroxylation sites is 1. The van der Waals surface area contributed by atoms with Crippen molar-refractivity contribution in [2.75, 3.05) is 25.0 Å². The normalized spacial score (nSPS) is 17.7. The van der Waals surface area contributed by atoms with E-state index < -0.39 is 35.9 Å². The maximum atomic E-state index is 13.2. The lowest BCUT2D eigenvalue weighted by molar-refractivity contribution is -0.673. The SMILES string of the molecule is O=C(CCC1C(=Cc2ccc3ccccc3[n+]2CCCN2CCCCC2)C=Cc2ccccc21)Nc1ccc(S(=O)(=O)[O-])cc1S(=O)(=O)[O-]. The van der Waals surface area contributed by atoms with Gasteiger partial charge in [-0.15, -0.1) is 0 Å². The molecule has 256 valence electrons. The molecule has 1 aliphatic carbocycles. The average molecular weight is 701 g/mol. The van der Waals surface area contributed by atoms with E-state index in [0.29, 0.717) is 12.5 Å². The number of pyridine rings is 1. The lowest BCUT2D eigenvalue weighted by Gasteiger charge is -2.26. The van der Waals surface area contributed by atoms with Gasteiger partial charge in [0, 0.05) is 48.9 Å². The van der Waals surface area contributed by atoms with E-state index in [1.54, 1.807) is 0 Å². The van der Waals surface area contributed by atoms with Gasteiger partial charge in [-0.2, -0.15) is 4.57 Å². The van der Waals surface area contributed by atoms with Crippen LogP contribution in [0.15, 0.2) is 100 Å². The minimum atomic E-state index is -5.21. The molecule has 1 aliphatic heterocycles. The van der Waals surface area contributed by atoms with Gasteiger partial charge in [-0.3, -0.25) is 4.79 Å². The van der Waals surface area contributed by atoms with E-state index in [1.807, 2.05) is 30.3 Å². The molecule has 0 bridgehead atoms.